The average Bonchev–Trinajstić information content (AvgIpc) is 2.18. The van der Waals surface area contributed by atoms with Gasteiger partial charge in [0.2, 0.25) is 0 Å². The van der Waals surface area contributed by atoms with Crippen LogP contribution in [0.4, 0.5) is 0 Å². The van der Waals surface area contributed by atoms with Gasteiger partial charge in [0.25, 0.3) is 0 Å². The van der Waals surface area contributed by atoms with Crippen LogP contribution in [0, 0.1) is 12.8 Å². The van der Waals surface area contributed by atoms with E-state index in [4.69, 9.17) is 17.4 Å². The van der Waals surface area contributed by atoms with Gasteiger partial charge < -0.3 is 0 Å². The molecule has 0 heterocycles. The second-order valence-corrected chi connectivity index (χ2v) is 5.19. The van der Waals surface area contributed by atoms with Gasteiger partial charge in [-0.25, -0.2) is 0 Å². The van der Waals surface area contributed by atoms with E-state index < -0.39 is 0 Å². The van der Waals surface area contributed by atoms with Crippen LogP contribution >= 0.6 is 11.6 Å². The van der Waals surface area contributed by atoms with Gasteiger partial charge in [0.1, 0.15) is 0 Å². The molecule has 0 spiro atoms. The van der Waals surface area contributed by atoms with E-state index in [2.05, 4.69) is 18.4 Å². The van der Waals surface area contributed by atoms with Crippen molar-refractivity contribution in [3.05, 3.63) is 34.3 Å². The van der Waals surface area contributed by atoms with Crippen molar-refractivity contribution >= 4 is 11.6 Å². The Labute approximate surface area is 102 Å². The van der Waals surface area contributed by atoms with Gasteiger partial charge in [-0.1, -0.05) is 36.9 Å². The molecule has 1 saturated carbocycles. The Kier molecular flexibility index (Phi) is 3.85. The zero-order valence-corrected chi connectivity index (χ0v) is 10.4. The molecule has 1 aliphatic rings. The third-order valence-corrected chi connectivity index (χ3v) is 3.84. The molecule has 88 valence electrons. The molecule has 0 aromatic heterocycles. The largest absolute Gasteiger partial charge is 0.271 e. The van der Waals surface area contributed by atoms with Crippen LogP contribution in [0.15, 0.2) is 18.2 Å². The van der Waals surface area contributed by atoms with Crippen molar-refractivity contribution in [2.75, 3.05) is 0 Å². The maximum Gasteiger partial charge on any atom is 0.0465 e. The number of rotatable bonds is 4. The fourth-order valence-corrected chi connectivity index (χ4v) is 2.60. The van der Waals surface area contributed by atoms with Gasteiger partial charge in [0, 0.05) is 11.1 Å². The molecule has 1 aliphatic carbocycles. The predicted octanol–water partition coefficient (Wildman–Crippen LogP) is 3.34. The summed E-state index contributed by atoms with van der Waals surface area (Å²) in [5.41, 5.74) is 5.43. The zero-order chi connectivity index (χ0) is 11.5. The number of nitrogens with one attached hydrogen (secondary N) is 1. The summed E-state index contributed by atoms with van der Waals surface area (Å²) in [6.45, 7) is 2.09. The predicted molar refractivity (Wildman–Crippen MR) is 68.2 cm³/mol. The lowest BCUT2D eigenvalue weighted by molar-refractivity contribution is 0.261. The van der Waals surface area contributed by atoms with Gasteiger partial charge in [-0.05, 0) is 42.5 Å². The highest BCUT2D eigenvalue weighted by molar-refractivity contribution is 6.30. The Morgan fingerprint density at radius 1 is 1.50 bits per heavy atom. The van der Waals surface area contributed by atoms with Crippen molar-refractivity contribution in [1.82, 2.24) is 5.43 Å². The lowest BCUT2D eigenvalue weighted by Crippen LogP contribution is -2.31. The van der Waals surface area contributed by atoms with E-state index >= 15 is 0 Å². The standard InChI is InChI=1S/C13H19ClN2/c1-9-7-11(14)5-6-12(9)13(16-15)8-10-3-2-4-10/h5-7,10,13,16H,2-4,8,15H2,1H3. The van der Waals surface area contributed by atoms with Crippen LogP contribution < -0.4 is 11.3 Å². The molecule has 2 nitrogen and oxygen atoms in total. The van der Waals surface area contributed by atoms with Crippen LogP contribution in [0.5, 0.6) is 0 Å². The summed E-state index contributed by atoms with van der Waals surface area (Å²) in [7, 11) is 0. The molecule has 0 saturated heterocycles. The lowest BCUT2D eigenvalue weighted by atomic mass is 9.79. The monoisotopic (exact) mass is 238 g/mol. The fourth-order valence-electron chi connectivity index (χ4n) is 2.38. The molecular weight excluding hydrogens is 220 g/mol. The van der Waals surface area contributed by atoms with Crippen molar-refractivity contribution < 1.29 is 0 Å². The summed E-state index contributed by atoms with van der Waals surface area (Å²) in [4.78, 5) is 0. The first-order valence-corrected chi connectivity index (χ1v) is 6.30. The Hall–Kier alpha value is -0.570. The number of nitrogens with two attached hydrogens (primary N) is 1. The van der Waals surface area contributed by atoms with Gasteiger partial charge in [0.15, 0.2) is 0 Å². The van der Waals surface area contributed by atoms with E-state index in [1.54, 1.807) is 0 Å². The Morgan fingerprint density at radius 3 is 2.75 bits per heavy atom. The minimum absolute atomic E-state index is 0.266. The SMILES string of the molecule is Cc1cc(Cl)ccc1C(CC1CCC1)NN. The summed E-state index contributed by atoms with van der Waals surface area (Å²) in [6, 6.07) is 6.29. The Bertz CT molecular complexity index is 361. The van der Waals surface area contributed by atoms with E-state index in [1.165, 1.54) is 30.4 Å². The Morgan fingerprint density at radius 2 is 2.25 bits per heavy atom. The number of hydrazine groups is 1. The molecule has 3 heteroatoms. The normalized spacial score (nSPS) is 18.2. The highest BCUT2D eigenvalue weighted by Crippen LogP contribution is 2.35. The topological polar surface area (TPSA) is 38.0 Å². The summed E-state index contributed by atoms with van der Waals surface area (Å²) in [5.74, 6) is 6.50. The first-order valence-electron chi connectivity index (χ1n) is 5.93. The molecule has 2 rings (SSSR count). The van der Waals surface area contributed by atoms with E-state index in [0.29, 0.717) is 0 Å². The molecule has 16 heavy (non-hydrogen) atoms. The van der Waals surface area contributed by atoms with Crippen LogP contribution in [0.2, 0.25) is 5.02 Å². The van der Waals surface area contributed by atoms with Crippen molar-refractivity contribution in [2.45, 2.75) is 38.6 Å². The molecule has 1 aromatic carbocycles. The number of hydrogen-bond donors (Lipinski definition) is 2. The lowest BCUT2D eigenvalue weighted by Gasteiger charge is -2.30. The molecule has 1 unspecified atom stereocenters. The molecule has 0 bridgehead atoms. The van der Waals surface area contributed by atoms with E-state index in [1.807, 2.05) is 12.1 Å². The molecule has 0 radical (unpaired) electrons. The smallest absolute Gasteiger partial charge is 0.0465 e. The minimum Gasteiger partial charge on any atom is -0.271 e. The van der Waals surface area contributed by atoms with Crippen LogP contribution in [-0.2, 0) is 0 Å². The van der Waals surface area contributed by atoms with Gasteiger partial charge in [0.05, 0.1) is 0 Å². The second-order valence-electron chi connectivity index (χ2n) is 4.75. The van der Waals surface area contributed by atoms with Crippen LogP contribution in [0.3, 0.4) is 0 Å². The fraction of sp³-hybridized carbons (Fsp3) is 0.538. The summed E-state index contributed by atoms with van der Waals surface area (Å²) >= 11 is 5.96. The van der Waals surface area contributed by atoms with Crippen LogP contribution in [0.25, 0.3) is 0 Å². The second kappa shape index (κ2) is 5.17. The molecule has 3 N–H and O–H groups in total. The zero-order valence-electron chi connectivity index (χ0n) is 9.67. The number of benzene rings is 1. The first-order chi connectivity index (χ1) is 7.70. The third kappa shape index (κ3) is 2.57. The van der Waals surface area contributed by atoms with E-state index in [0.717, 1.165) is 17.4 Å². The number of halogens is 1. The summed E-state index contributed by atoms with van der Waals surface area (Å²) in [6.07, 6.45) is 5.22. The minimum atomic E-state index is 0.266. The highest BCUT2D eigenvalue weighted by Gasteiger charge is 2.23. The average molecular weight is 239 g/mol. The van der Waals surface area contributed by atoms with E-state index in [9.17, 15) is 0 Å². The molecule has 1 aromatic rings. The van der Waals surface area contributed by atoms with Crippen molar-refractivity contribution in [1.29, 1.82) is 0 Å². The van der Waals surface area contributed by atoms with Gasteiger partial charge in [-0.3, -0.25) is 11.3 Å². The summed E-state index contributed by atoms with van der Waals surface area (Å²) < 4.78 is 0. The van der Waals surface area contributed by atoms with Gasteiger partial charge in [-0.15, -0.1) is 0 Å². The van der Waals surface area contributed by atoms with Crippen LogP contribution in [0.1, 0.15) is 42.9 Å². The molecule has 1 fully saturated rings. The molecule has 0 amide bonds. The van der Waals surface area contributed by atoms with Gasteiger partial charge in [-0.2, -0.15) is 0 Å². The van der Waals surface area contributed by atoms with E-state index in [-0.39, 0.29) is 6.04 Å². The summed E-state index contributed by atoms with van der Waals surface area (Å²) in [5, 5.41) is 0.792. The van der Waals surface area contributed by atoms with Crippen molar-refractivity contribution in [3.63, 3.8) is 0 Å². The van der Waals surface area contributed by atoms with Crippen LogP contribution in [-0.4, -0.2) is 0 Å². The molecule has 1 atom stereocenters. The van der Waals surface area contributed by atoms with Crippen molar-refractivity contribution in [3.8, 4) is 0 Å². The Balaban J connectivity index is 2.11. The van der Waals surface area contributed by atoms with Crippen molar-refractivity contribution in [2.24, 2.45) is 11.8 Å². The van der Waals surface area contributed by atoms with Gasteiger partial charge >= 0.3 is 0 Å². The maximum atomic E-state index is 5.96. The highest BCUT2D eigenvalue weighted by atomic mass is 35.5. The number of hydrogen-bond acceptors (Lipinski definition) is 2. The first kappa shape index (κ1) is 11.9. The third-order valence-electron chi connectivity index (χ3n) is 3.60. The maximum absolute atomic E-state index is 5.96. The quantitative estimate of drug-likeness (QED) is 0.624. The molecular formula is C13H19ClN2. The molecule has 0 aliphatic heterocycles. The number of aryl methyl sites for hydroxylation is 1.